The molecule has 0 spiro atoms. The van der Waals surface area contributed by atoms with Crippen LogP contribution in [0.4, 0.5) is 0 Å². The fraction of sp³-hybridized carbons (Fsp3) is 0.712. The SMILES string of the molecule is CC/C=C\C/C=C\C/C=C\C/C=C\CCCCCCC(=O)OC(COC(=O)CCCCCCC/C=C\C/C=C\C/C=C\CC)COC(=O)CCCCCCCCCCCCCCCCCCC/C=C\C/C=C\CCCCCCC. The average molecular weight is 1100 g/mol. The number of esters is 3. The Labute approximate surface area is 489 Å². The van der Waals surface area contributed by atoms with Gasteiger partial charge in [-0.1, -0.05) is 284 Å². The molecule has 0 rings (SSSR count). The summed E-state index contributed by atoms with van der Waals surface area (Å²) in [5, 5.41) is 0. The monoisotopic (exact) mass is 1100 g/mol. The van der Waals surface area contributed by atoms with Gasteiger partial charge in [0.05, 0.1) is 0 Å². The van der Waals surface area contributed by atoms with E-state index in [9.17, 15) is 14.4 Å². The summed E-state index contributed by atoms with van der Waals surface area (Å²) >= 11 is 0. The molecule has 0 fully saturated rings. The topological polar surface area (TPSA) is 78.9 Å². The van der Waals surface area contributed by atoms with E-state index in [4.69, 9.17) is 14.2 Å². The molecular formula is C73H124O6. The van der Waals surface area contributed by atoms with Gasteiger partial charge < -0.3 is 14.2 Å². The zero-order chi connectivity index (χ0) is 57.1. The summed E-state index contributed by atoms with van der Waals surface area (Å²) in [5.41, 5.74) is 0. The van der Waals surface area contributed by atoms with Gasteiger partial charge in [-0.3, -0.25) is 14.4 Å². The predicted octanol–water partition coefficient (Wildman–Crippen LogP) is 23.0. The van der Waals surface area contributed by atoms with E-state index in [0.29, 0.717) is 19.3 Å². The van der Waals surface area contributed by atoms with Gasteiger partial charge in [-0.15, -0.1) is 0 Å². The summed E-state index contributed by atoms with van der Waals surface area (Å²) in [7, 11) is 0. The van der Waals surface area contributed by atoms with Gasteiger partial charge in [0.15, 0.2) is 6.10 Å². The Morgan fingerprint density at radius 1 is 0.266 bits per heavy atom. The summed E-state index contributed by atoms with van der Waals surface area (Å²) in [5.74, 6) is -0.926. The Morgan fingerprint density at radius 2 is 0.494 bits per heavy atom. The van der Waals surface area contributed by atoms with Crippen molar-refractivity contribution in [2.75, 3.05) is 13.2 Å². The van der Waals surface area contributed by atoms with Gasteiger partial charge in [-0.2, -0.15) is 0 Å². The number of carbonyl (C=O) groups is 3. The van der Waals surface area contributed by atoms with Crippen LogP contribution in [-0.4, -0.2) is 37.2 Å². The van der Waals surface area contributed by atoms with E-state index < -0.39 is 6.10 Å². The molecule has 0 saturated carbocycles. The van der Waals surface area contributed by atoms with Crippen LogP contribution in [0.15, 0.2) is 109 Å². The van der Waals surface area contributed by atoms with Crippen LogP contribution in [0.1, 0.15) is 316 Å². The highest BCUT2D eigenvalue weighted by Gasteiger charge is 2.19. The molecular weight excluding hydrogens is 973 g/mol. The van der Waals surface area contributed by atoms with Crippen molar-refractivity contribution in [2.45, 2.75) is 322 Å². The molecule has 0 bridgehead atoms. The molecule has 1 unspecified atom stereocenters. The largest absolute Gasteiger partial charge is 0.462 e. The number of hydrogen-bond donors (Lipinski definition) is 0. The first-order valence-corrected chi connectivity index (χ1v) is 33.4. The number of allylic oxidation sites excluding steroid dienone is 18. The molecule has 0 aliphatic heterocycles. The molecule has 0 heterocycles. The van der Waals surface area contributed by atoms with E-state index in [-0.39, 0.29) is 31.1 Å². The molecule has 0 saturated heterocycles. The van der Waals surface area contributed by atoms with Crippen molar-refractivity contribution in [3.63, 3.8) is 0 Å². The maximum atomic E-state index is 12.9. The Kier molecular flexibility index (Phi) is 63.3. The Hall–Kier alpha value is -3.93. The number of ether oxygens (including phenoxy) is 3. The van der Waals surface area contributed by atoms with Crippen LogP contribution in [0.3, 0.4) is 0 Å². The Bertz CT molecular complexity index is 1590. The minimum Gasteiger partial charge on any atom is -0.462 e. The number of carbonyl (C=O) groups excluding carboxylic acids is 3. The minimum atomic E-state index is -0.801. The minimum absolute atomic E-state index is 0.0932. The molecule has 79 heavy (non-hydrogen) atoms. The molecule has 6 nitrogen and oxygen atoms in total. The standard InChI is InChI=1S/C73H124O6/c1-4-7-10-13-16-19-22-25-28-30-31-32-33-34-35-36-37-38-39-40-41-43-45-48-51-54-57-60-63-66-72(75)78-69-70(68-77-71(74)65-62-59-56-53-50-47-44-27-24-21-18-15-12-9-6-3)79-73(76)67-64-61-58-55-52-49-46-42-29-26-23-20-17-14-11-8-5-2/h8-9,11-12,17-18,20-22,25-27,29-31,44,46,49,70H,4-7,10,13-16,19,23-24,28,32-43,45,47-48,50-69H2,1-3H3/b11-8-,12-9-,20-17-,21-18-,25-22-,29-26-,31-30-,44-27-,49-46-. The highest BCUT2D eigenvalue weighted by Crippen LogP contribution is 2.17. The molecule has 1 atom stereocenters. The van der Waals surface area contributed by atoms with Gasteiger partial charge in [0.1, 0.15) is 13.2 Å². The van der Waals surface area contributed by atoms with Crippen LogP contribution >= 0.6 is 0 Å². The second-order valence-electron chi connectivity index (χ2n) is 22.0. The second kappa shape index (κ2) is 66.6. The van der Waals surface area contributed by atoms with Gasteiger partial charge >= 0.3 is 17.9 Å². The second-order valence-corrected chi connectivity index (χ2v) is 22.0. The van der Waals surface area contributed by atoms with Crippen LogP contribution in [0.5, 0.6) is 0 Å². The molecule has 0 N–H and O–H groups in total. The van der Waals surface area contributed by atoms with Crippen molar-refractivity contribution in [3.8, 4) is 0 Å². The van der Waals surface area contributed by atoms with Crippen molar-refractivity contribution in [3.05, 3.63) is 109 Å². The molecule has 0 aliphatic rings. The number of rotatable bonds is 60. The maximum absolute atomic E-state index is 12.9. The third-order valence-electron chi connectivity index (χ3n) is 14.2. The Balaban J connectivity index is 4.29. The van der Waals surface area contributed by atoms with Crippen molar-refractivity contribution in [1.82, 2.24) is 0 Å². The molecule has 0 aromatic rings. The van der Waals surface area contributed by atoms with Crippen LogP contribution in [0.2, 0.25) is 0 Å². The lowest BCUT2D eigenvalue weighted by Crippen LogP contribution is -2.30. The molecule has 0 aromatic heterocycles. The third-order valence-corrected chi connectivity index (χ3v) is 14.2. The van der Waals surface area contributed by atoms with E-state index in [1.165, 1.54) is 135 Å². The summed E-state index contributed by atoms with van der Waals surface area (Å²) in [6.07, 6.45) is 91.1. The van der Waals surface area contributed by atoms with E-state index >= 15 is 0 Å². The maximum Gasteiger partial charge on any atom is 0.306 e. The lowest BCUT2D eigenvalue weighted by molar-refractivity contribution is -0.167. The van der Waals surface area contributed by atoms with Gasteiger partial charge in [-0.25, -0.2) is 0 Å². The van der Waals surface area contributed by atoms with Crippen LogP contribution < -0.4 is 0 Å². The first-order valence-electron chi connectivity index (χ1n) is 33.4. The molecule has 452 valence electrons. The quantitative estimate of drug-likeness (QED) is 0.0261. The van der Waals surface area contributed by atoms with Crippen LogP contribution in [0, 0.1) is 0 Å². The number of hydrogen-bond acceptors (Lipinski definition) is 6. The summed E-state index contributed by atoms with van der Waals surface area (Å²) in [6.45, 7) is 6.39. The normalized spacial score (nSPS) is 12.8. The average Bonchev–Trinajstić information content (AvgIpc) is 3.45. The fourth-order valence-corrected chi connectivity index (χ4v) is 9.30. The van der Waals surface area contributed by atoms with Crippen molar-refractivity contribution >= 4 is 17.9 Å². The van der Waals surface area contributed by atoms with Crippen molar-refractivity contribution in [2.24, 2.45) is 0 Å². The first-order chi connectivity index (χ1) is 39.0. The summed E-state index contributed by atoms with van der Waals surface area (Å²) < 4.78 is 16.9. The Morgan fingerprint density at radius 3 is 0.772 bits per heavy atom. The van der Waals surface area contributed by atoms with E-state index in [0.717, 1.165) is 141 Å². The van der Waals surface area contributed by atoms with E-state index in [1.54, 1.807) is 0 Å². The molecule has 0 aliphatic carbocycles. The molecule has 0 radical (unpaired) electrons. The third kappa shape index (κ3) is 64.8. The molecule has 0 aromatic carbocycles. The van der Waals surface area contributed by atoms with Gasteiger partial charge in [0.25, 0.3) is 0 Å². The lowest BCUT2D eigenvalue weighted by atomic mass is 10.0. The smallest absolute Gasteiger partial charge is 0.306 e. The molecule has 0 amide bonds. The fourth-order valence-electron chi connectivity index (χ4n) is 9.30. The van der Waals surface area contributed by atoms with Crippen molar-refractivity contribution < 1.29 is 28.6 Å². The zero-order valence-corrected chi connectivity index (χ0v) is 51.9. The van der Waals surface area contributed by atoms with Crippen LogP contribution in [-0.2, 0) is 28.6 Å². The van der Waals surface area contributed by atoms with E-state index in [1.807, 2.05) is 0 Å². The first kappa shape index (κ1) is 75.1. The van der Waals surface area contributed by atoms with E-state index in [2.05, 4.69) is 130 Å². The van der Waals surface area contributed by atoms with Gasteiger partial charge in [-0.05, 0) is 122 Å². The van der Waals surface area contributed by atoms with Crippen LogP contribution in [0.25, 0.3) is 0 Å². The lowest BCUT2D eigenvalue weighted by Gasteiger charge is -2.18. The van der Waals surface area contributed by atoms with Crippen molar-refractivity contribution in [1.29, 1.82) is 0 Å². The highest BCUT2D eigenvalue weighted by molar-refractivity contribution is 5.71. The van der Waals surface area contributed by atoms with Gasteiger partial charge in [0, 0.05) is 19.3 Å². The highest BCUT2D eigenvalue weighted by atomic mass is 16.6. The van der Waals surface area contributed by atoms with Gasteiger partial charge in [0.2, 0.25) is 0 Å². The molecule has 6 heteroatoms. The number of unbranched alkanes of at least 4 members (excludes halogenated alkanes) is 31. The summed E-state index contributed by atoms with van der Waals surface area (Å²) in [4.78, 5) is 38.3. The predicted molar refractivity (Wildman–Crippen MR) is 343 cm³/mol. The summed E-state index contributed by atoms with van der Waals surface area (Å²) in [6, 6.07) is 0. The zero-order valence-electron chi connectivity index (χ0n) is 51.9.